The van der Waals surface area contributed by atoms with E-state index in [4.69, 9.17) is 55.7 Å². The Kier molecular flexibility index (Phi) is 6.28. The maximum atomic E-state index is 12.7. The quantitative estimate of drug-likeness (QED) is 0.291. The van der Waals surface area contributed by atoms with Crippen LogP contribution in [0.4, 0.5) is 5.82 Å². The van der Waals surface area contributed by atoms with E-state index in [9.17, 15) is 19.2 Å². The summed E-state index contributed by atoms with van der Waals surface area (Å²) in [6.07, 6.45) is 0. The maximum Gasteiger partial charge on any atom is 0.329 e. The Morgan fingerprint density at radius 1 is 1.10 bits per heavy atom. The smallest absolute Gasteiger partial charge is 0.329 e. The van der Waals surface area contributed by atoms with E-state index < -0.39 is 36.3 Å². The molecule has 1 aliphatic heterocycles. The number of rotatable bonds is 5. The maximum absolute atomic E-state index is 12.7. The van der Waals surface area contributed by atoms with Gasteiger partial charge in [0.05, 0.1) is 31.2 Å². The van der Waals surface area contributed by atoms with Gasteiger partial charge in [-0.2, -0.15) is 0 Å². The highest BCUT2D eigenvalue weighted by Gasteiger charge is 2.45. The molecule has 0 fully saturated rings. The Balaban J connectivity index is 1.72. The third kappa shape index (κ3) is 3.85. The molecule has 0 radical (unpaired) electrons. The Hall–Kier alpha value is -2.33. The largest absolute Gasteiger partial charge is 0.454 e. The van der Waals surface area contributed by atoms with Crippen molar-refractivity contribution in [2.24, 2.45) is 0 Å². The molecular formula is C17H11Cl4N3O6. The summed E-state index contributed by atoms with van der Waals surface area (Å²) >= 11 is 24.0. The van der Waals surface area contributed by atoms with E-state index in [1.807, 2.05) is 0 Å². The third-order valence-corrected chi connectivity index (χ3v) is 5.90. The summed E-state index contributed by atoms with van der Waals surface area (Å²) in [6, 6.07) is 0.0782. The SMILES string of the molecule is Cc1cc(NC(=O)COC(=O)[C@@H](C)N2C(=O)c3c(Cl)c(Cl)c(Cl)c(Cl)c3C2=O)no1. The summed E-state index contributed by atoms with van der Waals surface area (Å²) in [5.41, 5.74) is -0.528. The zero-order valence-corrected chi connectivity index (χ0v) is 18.2. The first-order chi connectivity index (χ1) is 14.0. The molecule has 0 bridgehead atoms. The van der Waals surface area contributed by atoms with Crippen LogP contribution in [0.3, 0.4) is 0 Å². The number of carbonyl (C=O) groups is 4. The summed E-state index contributed by atoms with van der Waals surface area (Å²) in [4.78, 5) is 50.3. The number of hydrogen-bond donors (Lipinski definition) is 1. The lowest BCUT2D eigenvalue weighted by atomic mass is 10.1. The summed E-state index contributed by atoms with van der Waals surface area (Å²) in [7, 11) is 0. The molecule has 0 saturated heterocycles. The highest BCUT2D eigenvalue weighted by atomic mass is 35.5. The van der Waals surface area contributed by atoms with E-state index in [-0.39, 0.29) is 37.0 Å². The molecule has 1 N–H and O–H groups in total. The first-order valence-electron chi connectivity index (χ1n) is 8.18. The van der Waals surface area contributed by atoms with E-state index in [0.29, 0.717) is 10.7 Å². The molecule has 1 aromatic heterocycles. The normalized spacial score (nSPS) is 14.0. The molecule has 0 spiro atoms. The van der Waals surface area contributed by atoms with Crippen molar-refractivity contribution in [1.82, 2.24) is 10.1 Å². The van der Waals surface area contributed by atoms with Crippen LogP contribution in [0.15, 0.2) is 10.6 Å². The van der Waals surface area contributed by atoms with E-state index in [0.717, 1.165) is 0 Å². The number of aromatic nitrogens is 1. The zero-order chi connectivity index (χ0) is 22.3. The minimum atomic E-state index is -1.39. The molecule has 1 aliphatic rings. The van der Waals surface area contributed by atoms with Gasteiger partial charge >= 0.3 is 5.97 Å². The lowest BCUT2D eigenvalue weighted by Gasteiger charge is -2.20. The fraction of sp³-hybridized carbons (Fsp3) is 0.235. The molecule has 3 amide bonds. The number of halogens is 4. The molecule has 3 rings (SSSR count). The van der Waals surface area contributed by atoms with Crippen molar-refractivity contribution in [3.63, 3.8) is 0 Å². The summed E-state index contributed by atoms with van der Waals surface area (Å²) in [5.74, 6) is -2.89. The molecule has 0 unspecified atom stereocenters. The van der Waals surface area contributed by atoms with Gasteiger partial charge in [-0.25, -0.2) is 4.79 Å². The predicted molar refractivity (Wildman–Crippen MR) is 107 cm³/mol. The molecule has 2 heterocycles. The minimum absolute atomic E-state index is 0.139. The van der Waals surface area contributed by atoms with Crippen LogP contribution >= 0.6 is 46.4 Å². The first-order valence-corrected chi connectivity index (χ1v) is 9.69. The third-order valence-electron chi connectivity index (χ3n) is 4.10. The number of fused-ring (bicyclic) bond motifs is 1. The lowest BCUT2D eigenvalue weighted by Crippen LogP contribution is -2.44. The topological polar surface area (TPSA) is 119 Å². The predicted octanol–water partition coefficient (Wildman–Crippen LogP) is 3.76. The van der Waals surface area contributed by atoms with Gasteiger partial charge in [0.1, 0.15) is 11.8 Å². The Bertz CT molecular complexity index is 1050. The van der Waals surface area contributed by atoms with Crippen LogP contribution in [-0.4, -0.2) is 46.4 Å². The van der Waals surface area contributed by atoms with Crippen molar-refractivity contribution in [3.05, 3.63) is 43.0 Å². The fourth-order valence-corrected chi connectivity index (χ4v) is 3.70. The molecule has 158 valence electrons. The van der Waals surface area contributed by atoms with Crippen LogP contribution in [0.2, 0.25) is 20.1 Å². The van der Waals surface area contributed by atoms with Gasteiger partial charge in [0.25, 0.3) is 17.7 Å². The van der Waals surface area contributed by atoms with E-state index in [1.165, 1.54) is 13.0 Å². The van der Waals surface area contributed by atoms with Crippen LogP contribution in [0.5, 0.6) is 0 Å². The van der Waals surface area contributed by atoms with Crippen LogP contribution in [0.1, 0.15) is 33.4 Å². The number of aryl methyl sites for hydroxylation is 1. The van der Waals surface area contributed by atoms with Crippen LogP contribution in [0.25, 0.3) is 0 Å². The number of imide groups is 1. The van der Waals surface area contributed by atoms with Crippen LogP contribution in [0, 0.1) is 6.92 Å². The van der Waals surface area contributed by atoms with Crippen LogP contribution in [-0.2, 0) is 14.3 Å². The average Bonchev–Trinajstić information content (AvgIpc) is 3.22. The van der Waals surface area contributed by atoms with Crippen molar-refractivity contribution in [3.8, 4) is 0 Å². The van der Waals surface area contributed by atoms with Gasteiger partial charge in [-0.15, -0.1) is 0 Å². The van der Waals surface area contributed by atoms with Crippen molar-refractivity contribution in [2.75, 3.05) is 11.9 Å². The van der Waals surface area contributed by atoms with Crippen molar-refractivity contribution in [1.29, 1.82) is 0 Å². The Morgan fingerprint density at radius 2 is 1.63 bits per heavy atom. The van der Waals surface area contributed by atoms with Crippen molar-refractivity contribution in [2.45, 2.75) is 19.9 Å². The second-order valence-corrected chi connectivity index (χ2v) is 7.65. The molecule has 13 heteroatoms. The second-order valence-electron chi connectivity index (χ2n) is 6.14. The summed E-state index contributed by atoms with van der Waals surface area (Å²) < 4.78 is 9.68. The summed E-state index contributed by atoms with van der Waals surface area (Å²) in [6.45, 7) is 2.19. The Morgan fingerprint density at radius 3 is 2.10 bits per heavy atom. The molecular weight excluding hydrogens is 484 g/mol. The van der Waals surface area contributed by atoms with Crippen molar-refractivity contribution < 1.29 is 28.4 Å². The van der Waals surface area contributed by atoms with Crippen LogP contribution < -0.4 is 5.32 Å². The van der Waals surface area contributed by atoms with Gasteiger partial charge in [0.2, 0.25) is 0 Å². The van der Waals surface area contributed by atoms with Gasteiger partial charge in [0.15, 0.2) is 12.4 Å². The molecule has 0 aliphatic carbocycles. The number of ether oxygens (including phenoxy) is 1. The number of hydrogen-bond acceptors (Lipinski definition) is 7. The molecule has 30 heavy (non-hydrogen) atoms. The molecule has 1 atom stereocenters. The van der Waals surface area contributed by atoms with E-state index >= 15 is 0 Å². The van der Waals surface area contributed by atoms with E-state index in [2.05, 4.69) is 10.5 Å². The highest BCUT2D eigenvalue weighted by Crippen LogP contribution is 2.45. The first kappa shape index (κ1) is 22.4. The fourth-order valence-electron chi connectivity index (χ4n) is 2.69. The number of esters is 1. The minimum Gasteiger partial charge on any atom is -0.454 e. The van der Waals surface area contributed by atoms with Gasteiger partial charge in [0, 0.05) is 6.07 Å². The van der Waals surface area contributed by atoms with Gasteiger partial charge in [-0.3, -0.25) is 19.3 Å². The summed E-state index contributed by atoms with van der Waals surface area (Å²) in [5, 5.41) is 5.01. The number of amides is 3. The zero-order valence-electron chi connectivity index (χ0n) is 15.2. The number of nitrogens with zero attached hydrogens (tertiary/aromatic N) is 2. The molecule has 9 nitrogen and oxygen atoms in total. The van der Waals surface area contributed by atoms with E-state index in [1.54, 1.807) is 6.92 Å². The molecule has 2 aromatic rings. The van der Waals surface area contributed by atoms with Gasteiger partial charge in [-0.05, 0) is 13.8 Å². The molecule has 1 aromatic carbocycles. The number of nitrogens with one attached hydrogen (secondary N) is 1. The van der Waals surface area contributed by atoms with Crippen molar-refractivity contribution >= 4 is 75.9 Å². The van der Waals surface area contributed by atoms with Gasteiger partial charge in [-0.1, -0.05) is 51.6 Å². The number of benzene rings is 1. The number of anilines is 1. The number of carbonyl (C=O) groups excluding carboxylic acids is 4. The lowest BCUT2D eigenvalue weighted by molar-refractivity contribution is -0.150. The molecule has 0 saturated carbocycles. The monoisotopic (exact) mass is 493 g/mol. The Labute approximate surface area is 189 Å². The average molecular weight is 495 g/mol. The second kappa shape index (κ2) is 8.43. The standard InChI is InChI=1S/C17H11Cl4N3O6/c1-5-3-7(23-30-5)22-8(25)4-29-17(28)6(2)24-15(26)9-10(16(24)27)12(19)14(21)13(20)11(9)18/h3,6H,4H2,1-2H3,(H,22,23,25)/t6-/m1/s1. The highest BCUT2D eigenvalue weighted by molar-refractivity contribution is 6.55. The van der Waals surface area contributed by atoms with Gasteiger partial charge < -0.3 is 14.6 Å².